The average Bonchev–Trinajstić information content (AvgIpc) is 3.52. The summed E-state index contributed by atoms with van der Waals surface area (Å²) in [5.41, 5.74) is 2.50. The maximum absolute atomic E-state index is 11.6. The molecular formula is C18H18N12O2S2. The molecule has 16 heteroatoms. The van der Waals surface area contributed by atoms with Crippen LogP contribution in [0.3, 0.4) is 0 Å². The number of urea groups is 2. The highest BCUT2D eigenvalue weighted by Gasteiger charge is 2.15. The number of hydrogen-bond acceptors (Lipinski definition) is 10. The van der Waals surface area contributed by atoms with Crippen molar-refractivity contribution >= 4 is 45.0 Å². The van der Waals surface area contributed by atoms with Crippen LogP contribution in [0.4, 0.5) is 21.0 Å². The second-order valence-corrected chi connectivity index (χ2v) is 8.49. The van der Waals surface area contributed by atoms with Crippen LogP contribution in [-0.2, 0) is 0 Å². The number of tetrazole rings is 2. The zero-order valence-corrected chi connectivity index (χ0v) is 19.5. The Hall–Kier alpha value is -4.18. The minimum atomic E-state index is -0.333. The quantitative estimate of drug-likeness (QED) is 0.276. The second-order valence-electron chi connectivity index (χ2n) is 6.42. The zero-order chi connectivity index (χ0) is 23.9. The van der Waals surface area contributed by atoms with Crippen LogP contribution in [-0.4, -0.2) is 66.6 Å². The van der Waals surface area contributed by atoms with E-state index in [1.54, 1.807) is 36.4 Å². The Kier molecular flexibility index (Phi) is 7.19. The van der Waals surface area contributed by atoms with E-state index in [2.05, 4.69) is 52.3 Å². The molecule has 0 saturated carbocycles. The lowest BCUT2D eigenvalue weighted by molar-refractivity contribution is 0.253. The van der Waals surface area contributed by atoms with Crippen LogP contribution in [0.5, 0.6) is 0 Å². The van der Waals surface area contributed by atoms with Gasteiger partial charge in [0.15, 0.2) is 0 Å². The molecule has 4 rings (SSSR count). The predicted molar refractivity (Wildman–Crippen MR) is 126 cm³/mol. The molecule has 4 aromatic rings. The van der Waals surface area contributed by atoms with Gasteiger partial charge < -0.3 is 21.3 Å². The molecule has 0 radical (unpaired) electrons. The van der Waals surface area contributed by atoms with Crippen molar-refractivity contribution in [1.82, 2.24) is 51.0 Å². The lowest BCUT2D eigenvalue weighted by Crippen LogP contribution is -2.24. The number of rotatable bonds is 7. The molecule has 2 aromatic carbocycles. The number of benzene rings is 2. The number of hydrogen-bond donors (Lipinski definition) is 4. The summed E-state index contributed by atoms with van der Waals surface area (Å²) in [5, 5.41) is 35.1. The molecule has 0 aliphatic heterocycles. The molecule has 0 unspecified atom stereocenters. The normalized spacial score (nSPS) is 10.5. The Bertz CT molecular complexity index is 1210. The van der Waals surface area contributed by atoms with Gasteiger partial charge in [0.25, 0.3) is 0 Å². The molecule has 0 fully saturated rings. The van der Waals surface area contributed by atoms with E-state index in [0.717, 1.165) is 0 Å². The van der Waals surface area contributed by atoms with E-state index in [1.165, 1.54) is 45.0 Å². The van der Waals surface area contributed by atoms with Crippen LogP contribution >= 0.6 is 21.6 Å². The number of nitrogens with zero attached hydrogens (tertiary/aromatic N) is 8. The van der Waals surface area contributed by atoms with Crippen LogP contribution in [0.1, 0.15) is 0 Å². The van der Waals surface area contributed by atoms with Gasteiger partial charge >= 0.3 is 12.1 Å². The smallest absolute Gasteiger partial charge is 0.318 e. The average molecular weight is 499 g/mol. The predicted octanol–water partition coefficient (Wildman–Crippen LogP) is 1.94. The van der Waals surface area contributed by atoms with E-state index >= 15 is 0 Å². The number of carbonyl (C=O) groups excluding carboxylic acids is 2. The second kappa shape index (κ2) is 10.6. The van der Waals surface area contributed by atoms with Crippen LogP contribution in [0, 0.1) is 0 Å². The summed E-state index contributed by atoms with van der Waals surface area (Å²) in [6, 6.07) is 13.5. The first-order valence-corrected chi connectivity index (χ1v) is 11.8. The van der Waals surface area contributed by atoms with Crippen molar-refractivity contribution in [3.05, 3.63) is 48.5 Å². The minimum Gasteiger partial charge on any atom is -0.341 e. The fourth-order valence-corrected chi connectivity index (χ4v) is 4.46. The lowest BCUT2D eigenvalue weighted by Gasteiger charge is -2.08. The first-order chi connectivity index (χ1) is 16.6. The molecule has 0 bridgehead atoms. The molecule has 0 spiro atoms. The summed E-state index contributed by atoms with van der Waals surface area (Å²) in [5.74, 6) is 0. The first kappa shape index (κ1) is 23.0. The number of anilines is 2. The van der Waals surface area contributed by atoms with Crippen LogP contribution in [0.15, 0.2) is 58.8 Å². The van der Waals surface area contributed by atoms with Gasteiger partial charge in [0.05, 0.1) is 11.4 Å². The highest BCUT2D eigenvalue weighted by Crippen LogP contribution is 2.36. The molecule has 4 amide bonds. The van der Waals surface area contributed by atoms with Crippen LogP contribution < -0.4 is 21.3 Å². The molecule has 2 heterocycles. The molecule has 14 nitrogen and oxygen atoms in total. The van der Waals surface area contributed by atoms with Gasteiger partial charge in [-0.2, -0.15) is 9.36 Å². The number of carbonyl (C=O) groups is 2. The maximum atomic E-state index is 11.6. The third-order valence-corrected chi connectivity index (χ3v) is 6.26. The number of amides is 4. The number of aromatic nitrogens is 8. The Balaban J connectivity index is 1.50. The van der Waals surface area contributed by atoms with E-state index in [-0.39, 0.29) is 12.1 Å². The van der Waals surface area contributed by atoms with Gasteiger partial charge in [0.1, 0.15) is 0 Å². The van der Waals surface area contributed by atoms with Crippen molar-refractivity contribution in [1.29, 1.82) is 0 Å². The summed E-state index contributed by atoms with van der Waals surface area (Å²) >= 11 is 0. The standard InChI is InChI=1S/C18H18N12O2S2/c1-19-15(31)21-11-5-3-7-13(9-11)29-17(23-25-27-29)33-34-18-24-26-28-30(18)14-8-4-6-12(10-14)22-16(32)20-2/h3-10H,1-2H3,(H2,19,21,31)(H2,20,22,32). The van der Waals surface area contributed by atoms with Crippen LogP contribution in [0.25, 0.3) is 11.4 Å². The molecule has 0 atom stereocenters. The Morgan fingerprint density at radius 3 is 1.59 bits per heavy atom. The largest absolute Gasteiger partial charge is 0.341 e. The van der Waals surface area contributed by atoms with E-state index in [1.807, 2.05) is 12.1 Å². The summed E-state index contributed by atoms with van der Waals surface area (Å²) in [4.78, 5) is 23.2. The first-order valence-electron chi connectivity index (χ1n) is 9.67. The molecule has 0 aliphatic carbocycles. The zero-order valence-electron chi connectivity index (χ0n) is 17.8. The highest BCUT2D eigenvalue weighted by atomic mass is 33.1. The molecular weight excluding hydrogens is 480 g/mol. The van der Waals surface area contributed by atoms with Gasteiger partial charge in [0, 0.05) is 25.5 Å². The Morgan fingerprint density at radius 1 is 0.735 bits per heavy atom. The molecule has 0 saturated heterocycles. The Morgan fingerprint density at radius 2 is 1.18 bits per heavy atom. The van der Waals surface area contributed by atoms with Gasteiger partial charge in [-0.05, 0) is 78.8 Å². The molecule has 174 valence electrons. The van der Waals surface area contributed by atoms with E-state index in [4.69, 9.17) is 0 Å². The summed E-state index contributed by atoms with van der Waals surface area (Å²) in [7, 11) is 5.59. The third-order valence-electron chi connectivity index (χ3n) is 4.22. The monoisotopic (exact) mass is 498 g/mol. The Labute approximate surface area is 200 Å². The van der Waals surface area contributed by atoms with E-state index < -0.39 is 0 Å². The van der Waals surface area contributed by atoms with Crippen molar-refractivity contribution in [3.8, 4) is 11.4 Å². The maximum Gasteiger partial charge on any atom is 0.318 e. The lowest BCUT2D eigenvalue weighted by atomic mass is 10.3. The van der Waals surface area contributed by atoms with Crippen molar-refractivity contribution in [2.75, 3.05) is 24.7 Å². The van der Waals surface area contributed by atoms with Crippen LogP contribution in [0.2, 0.25) is 0 Å². The van der Waals surface area contributed by atoms with Gasteiger partial charge in [-0.3, -0.25) is 0 Å². The fraction of sp³-hybridized carbons (Fsp3) is 0.111. The van der Waals surface area contributed by atoms with Gasteiger partial charge in [-0.1, -0.05) is 12.1 Å². The van der Waals surface area contributed by atoms with Crippen molar-refractivity contribution in [2.24, 2.45) is 0 Å². The molecule has 0 aliphatic rings. The fourth-order valence-electron chi connectivity index (χ4n) is 2.68. The van der Waals surface area contributed by atoms with Gasteiger partial charge in [-0.15, -0.1) is 10.2 Å². The highest BCUT2D eigenvalue weighted by molar-refractivity contribution is 8.76. The summed E-state index contributed by atoms with van der Waals surface area (Å²) in [6.07, 6.45) is 0. The van der Waals surface area contributed by atoms with E-state index in [9.17, 15) is 9.59 Å². The molecule has 4 N–H and O–H groups in total. The van der Waals surface area contributed by atoms with E-state index in [0.29, 0.717) is 33.1 Å². The van der Waals surface area contributed by atoms with Gasteiger partial charge in [0.2, 0.25) is 10.3 Å². The van der Waals surface area contributed by atoms with Crippen molar-refractivity contribution in [3.63, 3.8) is 0 Å². The van der Waals surface area contributed by atoms with Gasteiger partial charge in [-0.25, -0.2) is 9.59 Å². The topological polar surface area (TPSA) is 169 Å². The van der Waals surface area contributed by atoms with Crippen molar-refractivity contribution < 1.29 is 9.59 Å². The molecule has 34 heavy (non-hydrogen) atoms. The summed E-state index contributed by atoms with van der Waals surface area (Å²) in [6.45, 7) is 0. The summed E-state index contributed by atoms with van der Waals surface area (Å²) < 4.78 is 3.07. The van der Waals surface area contributed by atoms with Crippen molar-refractivity contribution in [2.45, 2.75) is 10.3 Å². The SMILES string of the molecule is CNC(=O)Nc1cccc(-n2nnnc2SSc2nnnn2-c2cccc(NC(=O)NC)c2)c1. The number of nitrogens with one attached hydrogen (secondary N) is 4. The molecule has 2 aromatic heterocycles. The third kappa shape index (κ3) is 5.41. The minimum absolute atomic E-state index is 0.333.